The molecule has 2 rings (SSSR count). The van der Waals surface area contributed by atoms with Gasteiger partial charge in [0.1, 0.15) is 5.75 Å². The molecule has 0 saturated heterocycles. The van der Waals surface area contributed by atoms with Crippen LogP contribution in [0.25, 0.3) is 0 Å². The summed E-state index contributed by atoms with van der Waals surface area (Å²) in [6, 6.07) is 14.6. The van der Waals surface area contributed by atoms with Gasteiger partial charge in [-0.05, 0) is 36.8 Å². The van der Waals surface area contributed by atoms with Gasteiger partial charge in [0.05, 0.1) is 12.8 Å². The van der Waals surface area contributed by atoms with E-state index in [9.17, 15) is 4.79 Å². The van der Waals surface area contributed by atoms with E-state index in [4.69, 9.17) is 4.74 Å². The molecule has 2 aromatic carbocycles. The van der Waals surface area contributed by atoms with Crippen molar-refractivity contribution in [1.29, 1.82) is 0 Å². The van der Waals surface area contributed by atoms with E-state index < -0.39 is 0 Å². The zero-order valence-corrected chi connectivity index (χ0v) is 13.8. The van der Waals surface area contributed by atoms with E-state index in [2.05, 4.69) is 26.5 Å². The summed E-state index contributed by atoms with van der Waals surface area (Å²) >= 11 is 3.42. The van der Waals surface area contributed by atoms with Crippen LogP contribution in [-0.2, 0) is 0 Å². The fourth-order valence-corrected chi connectivity index (χ4v) is 2.11. The maximum atomic E-state index is 12.0. The van der Waals surface area contributed by atoms with Crippen molar-refractivity contribution in [3.8, 4) is 5.75 Å². The summed E-state index contributed by atoms with van der Waals surface area (Å²) in [5.74, 6) is 0.500. The Morgan fingerprint density at radius 1 is 1.23 bits per heavy atom. The molecule has 2 aromatic rings. The SMILES string of the molecule is CCCOc1ccc(C(=O)NN=Cc2ccccc2Br)cc1. The molecule has 22 heavy (non-hydrogen) atoms. The molecule has 0 spiro atoms. The number of nitrogens with zero attached hydrogens (tertiary/aromatic N) is 1. The number of amides is 1. The van der Waals surface area contributed by atoms with Gasteiger partial charge in [0.15, 0.2) is 0 Å². The van der Waals surface area contributed by atoms with Crippen LogP contribution in [0.4, 0.5) is 0 Å². The molecule has 0 unspecified atom stereocenters. The van der Waals surface area contributed by atoms with Gasteiger partial charge in [0.25, 0.3) is 5.91 Å². The molecule has 0 heterocycles. The van der Waals surface area contributed by atoms with Crippen molar-refractivity contribution >= 4 is 28.1 Å². The monoisotopic (exact) mass is 360 g/mol. The molecule has 0 radical (unpaired) electrons. The highest BCUT2D eigenvalue weighted by molar-refractivity contribution is 9.10. The fraction of sp³-hybridized carbons (Fsp3) is 0.176. The Labute approximate surface area is 138 Å². The summed E-state index contributed by atoms with van der Waals surface area (Å²) < 4.78 is 6.40. The molecular formula is C17H17BrN2O2. The second kappa shape index (κ2) is 8.34. The molecule has 4 nitrogen and oxygen atoms in total. The van der Waals surface area contributed by atoms with Gasteiger partial charge in [-0.15, -0.1) is 0 Å². The van der Waals surface area contributed by atoms with Crippen molar-refractivity contribution in [2.24, 2.45) is 5.10 Å². The minimum atomic E-state index is -0.259. The van der Waals surface area contributed by atoms with Gasteiger partial charge >= 0.3 is 0 Å². The normalized spacial score (nSPS) is 10.6. The predicted octanol–water partition coefficient (Wildman–Crippen LogP) is 4.00. The highest BCUT2D eigenvalue weighted by Crippen LogP contribution is 2.14. The third-order valence-electron chi connectivity index (χ3n) is 2.86. The number of nitrogens with one attached hydrogen (secondary N) is 1. The van der Waals surface area contributed by atoms with Gasteiger partial charge in [0, 0.05) is 15.6 Å². The molecule has 5 heteroatoms. The van der Waals surface area contributed by atoms with Crippen molar-refractivity contribution in [2.45, 2.75) is 13.3 Å². The highest BCUT2D eigenvalue weighted by Gasteiger charge is 2.04. The van der Waals surface area contributed by atoms with Crippen molar-refractivity contribution in [3.05, 3.63) is 64.1 Å². The predicted molar refractivity (Wildman–Crippen MR) is 91.4 cm³/mol. The minimum Gasteiger partial charge on any atom is -0.494 e. The van der Waals surface area contributed by atoms with Crippen LogP contribution < -0.4 is 10.2 Å². The Balaban J connectivity index is 1.93. The molecule has 114 valence electrons. The van der Waals surface area contributed by atoms with Crippen LogP contribution in [-0.4, -0.2) is 18.7 Å². The lowest BCUT2D eigenvalue weighted by molar-refractivity contribution is 0.0955. The molecule has 0 bridgehead atoms. The molecule has 0 saturated carbocycles. The Hall–Kier alpha value is -2.14. The summed E-state index contributed by atoms with van der Waals surface area (Å²) in [5, 5.41) is 3.96. The summed E-state index contributed by atoms with van der Waals surface area (Å²) in [5.41, 5.74) is 3.94. The van der Waals surface area contributed by atoms with Crippen LogP contribution in [0.5, 0.6) is 5.75 Å². The van der Waals surface area contributed by atoms with Crippen molar-refractivity contribution in [3.63, 3.8) is 0 Å². The molecular weight excluding hydrogens is 344 g/mol. The van der Waals surface area contributed by atoms with E-state index >= 15 is 0 Å². The molecule has 0 fully saturated rings. The third kappa shape index (κ3) is 4.70. The Morgan fingerprint density at radius 2 is 1.95 bits per heavy atom. The smallest absolute Gasteiger partial charge is 0.271 e. The van der Waals surface area contributed by atoms with E-state index in [1.807, 2.05) is 31.2 Å². The van der Waals surface area contributed by atoms with Crippen molar-refractivity contribution in [2.75, 3.05) is 6.61 Å². The number of hydrazone groups is 1. The Bertz CT molecular complexity index is 654. The van der Waals surface area contributed by atoms with Gasteiger partial charge in [0.2, 0.25) is 0 Å². The number of carbonyl (C=O) groups excluding carboxylic acids is 1. The minimum absolute atomic E-state index is 0.259. The second-order valence-electron chi connectivity index (χ2n) is 4.59. The van der Waals surface area contributed by atoms with E-state index in [-0.39, 0.29) is 5.91 Å². The van der Waals surface area contributed by atoms with Crippen LogP contribution in [0, 0.1) is 0 Å². The average Bonchev–Trinajstić information content (AvgIpc) is 2.55. The second-order valence-corrected chi connectivity index (χ2v) is 5.45. The first kappa shape index (κ1) is 16.2. The zero-order valence-electron chi connectivity index (χ0n) is 12.3. The number of rotatable bonds is 6. The van der Waals surface area contributed by atoms with Crippen LogP contribution in [0.3, 0.4) is 0 Å². The summed E-state index contributed by atoms with van der Waals surface area (Å²) in [6.07, 6.45) is 2.55. The fourth-order valence-electron chi connectivity index (χ4n) is 1.73. The molecule has 0 aliphatic carbocycles. The lowest BCUT2D eigenvalue weighted by atomic mass is 10.2. The molecule has 0 aromatic heterocycles. The number of hydrogen-bond donors (Lipinski definition) is 1. The number of hydrogen-bond acceptors (Lipinski definition) is 3. The molecule has 0 aliphatic rings. The van der Waals surface area contributed by atoms with Gasteiger partial charge in [-0.1, -0.05) is 41.1 Å². The zero-order chi connectivity index (χ0) is 15.8. The quantitative estimate of drug-likeness (QED) is 0.625. The first-order valence-electron chi connectivity index (χ1n) is 7.01. The number of halogens is 1. The van der Waals surface area contributed by atoms with E-state index in [1.165, 1.54) is 0 Å². The highest BCUT2D eigenvalue weighted by atomic mass is 79.9. The maximum Gasteiger partial charge on any atom is 0.271 e. The van der Waals surface area contributed by atoms with E-state index in [0.717, 1.165) is 22.2 Å². The van der Waals surface area contributed by atoms with Gasteiger partial charge in [-0.3, -0.25) is 4.79 Å². The van der Waals surface area contributed by atoms with E-state index in [0.29, 0.717) is 12.2 Å². The van der Waals surface area contributed by atoms with Crippen LogP contribution >= 0.6 is 15.9 Å². The van der Waals surface area contributed by atoms with E-state index in [1.54, 1.807) is 30.5 Å². The summed E-state index contributed by atoms with van der Waals surface area (Å²) in [6.45, 7) is 2.71. The number of carbonyl (C=O) groups is 1. The molecule has 0 atom stereocenters. The van der Waals surface area contributed by atoms with Gasteiger partial charge in [-0.25, -0.2) is 5.43 Å². The Kier molecular flexibility index (Phi) is 6.15. The average molecular weight is 361 g/mol. The van der Waals surface area contributed by atoms with Crippen LogP contribution in [0.15, 0.2) is 58.1 Å². The standard InChI is InChI=1S/C17H17BrN2O2/c1-2-11-22-15-9-7-13(8-10-15)17(21)20-19-12-14-5-3-4-6-16(14)18/h3-10,12H,2,11H2,1H3,(H,20,21). The summed E-state index contributed by atoms with van der Waals surface area (Å²) in [4.78, 5) is 12.0. The third-order valence-corrected chi connectivity index (χ3v) is 3.59. The lowest BCUT2D eigenvalue weighted by Gasteiger charge is -2.05. The van der Waals surface area contributed by atoms with Gasteiger partial charge < -0.3 is 4.74 Å². The maximum absolute atomic E-state index is 12.0. The topological polar surface area (TPSA) is 50.7 Å². The number of benzene rings is 2. The van der Waals surface area contributed by atoms with Crippen LogP contribution in [0.1, 0.15) is 29.3 Å². The lowest BCUT2D eigenvalue weighted by Crippen LogP contribution is -2.17. The van der Waals surface area contributed by atoms with Gasteiger partial charge in [-0.2, -0.15) is 5.10 Å². The van der Waals surface area contributed by atoms with Crippen LogP contribution in [0.2, 0.25) is 0 Å². The largest absolute Gasteiger partial charge is 0.494 e. The first-order valence-corrected chi connectivity index (χ1v) is 7.81. The molecule has 1 N–H and O–H groups in total. The van der Waals surface area contributed by atoms with Crippen molar-refractivity contribution in [1.82, 2.24) is 5.43 Å². The number of ether oxygens (including phenoxy) is 1. The summed E-state index contributed by atoms with van der Waals surface area (Å²) in [7, 11) is 0. The molecule has 0 aliphatic heterocycles. The Morgan fingerprint density at radius 3 is 2.64 bits per heavy atom. The molecule has 1 amide bonds. The van der Waals surface area contributed by atoms with Crippen molar-refractivity contribution < 1.29 is 9.53 Å². The first-order chi connectivity index (χ1) is 10.7.